The van der Waals surface area contributed by atoms with Crippen LogP contribution in [-0.2, 0) is 21.2 Å². The summed E-state index contributed by atoms with van der Waals surface area (Å²) in [4.78, 5) is 13.8. The van der Waals surface area contributed by atoms with E-state index in [-0.39, 0.29) is 10.8 Å². The number of rotatable bonds is 5. The first-order valence-electron chi connectivity index (χ1n) is 8.09. The molecule has 132 valence electrons. The zero-order valence-corrected chi connectivity index (χ0v) is 14.4. The van der Waals surface area contributed by atoms with E-state index >= 15 is 0 Å². The molecule has 7 heteroatoms. The molecule has 3 rings (SSSR count). The lowest BCUT2D eigenvalue weighted by molar-refractivity contribution is -0.129. The maximum atomic E-state index is 13.2. The van der Waals surface area contributed by atoms with Crippen molar-refractivity contribution in [2.24, 2.45) is 0 Å². The van der Waals surface area contributed by atoms with Gasteiger partial charge in [-0.05, 0) is 48.7 Å². The molecule has 0 unspecified atom stereocenters. The van der Waals surface area contributed by atoms with Crippen LogP contribution in [0.25, 0.3) is 0 Å². The van der Waals surface area contributed by atoms with Crippen molar-refractivity contribution < 1.29 is 17.6 Å². The number of nitrogens with one attached hydrogen (secondary N) is 1. The topological polar surface area (TPSA) is 66.5 Å². The molecule has 1 amide bonds. The molecule has 0 radical (unpaired) electrons. The summed E-state index contributed by atoms with van der Waals surface area (Å²) >= 11 is 0. The van der Waals surface area contributed by atoms with Gasteiger partial charge >= 0.3 is 0 Å². The molecule has 2 aromatic rings. The Morgan fingerprint density at radius 3 is 2.40 bits per heavy atom. The molecule has 2 aromatic carbocycles. The Bertz CT molecular complexity index is 860. The van der Waals surface area contributed by atoms with Crippen LogP contribution in [0.3, 0.4) is 0 Å². The number of hydrogen-bond acceptors (Lipinski definition) is 3. The molecular weight excluding hydrogens is 343 g/mol. The molecule has 1 heterocycles. The largest absolute Gasteiger partial charge is 0.342 e. The van der Waals surface area contributed by atoms with Gasteiger partial charge in [-0.25, -0.2) is 12.8 Å². The van der Waals surface area contributed by atoms with Crippen LogP contribution in [-0.4, -0.2) is 32.3 Å². The van der Waals surface area contributed by atoms with E-state index < -0.39 is 15.8 Å². The molecule has 1 saturated heterocycles. The van der Waals surface area contributed by atoms with Crippen LogP contribution < -0.4 is 4.72 Å². The Balaban J connectivity index is 1.67. The zero-order valence-electron chi connectivity index (χ0n) is 13.6. The summed E-state index contributed by atoms with van der Waals surface area (Å²) in [7, 11) is -3.85. The maximum Gasteiger partial charge on any atom is 0.261 e. The Labute approximate surface area is 146 Å². The Morgan fingerprint density at radius 2 is 1.76 bits per heavy atom. The third kappa shape index (κ3) is 4.36. The van der Waals surface area contributed by atoms with Gasteiger partial charge in [-0.3, -0.25) is 9.52 Å². The monoisotopic (exact) mass is 362 g/mol. The van der Waals surface area contributed by atoms with Gasteiger partial charge in [-0.1, -0.05) is 18.2 Å². The lowest BCUT2D eigenvalue weighted by atomic mass is 10.1. The number of nitrogens with zero attached hydrogens (tertiary/aromatic N) is 1. The van der Waals surface area contributed by atoms with Gasteiger partial charge < -0.3 is 4.90 Å². The molecular formula is C18H19FN2O3S. The minimum Gasteiger partial charge on any atom is -0.342 e. The molecule has 1 aliphatic rings. The van der Waals surface area contributed by atoms with Gasteiger partial charge in [0.2, 0.25) is 5.91 Å². The van der Waals surface area contributed by atoms with Gasteiger partial charge in [0.05, 0.1) is 11.3 Å². The minimum atomic E-state index is -3.85. The summed E-state index contributed by atoms with van der Waals surface area (Å²) < 4.78 is 40.1. The molecule has 1 aliphatic heterocycles. The standard InChI is InChI=1S/C18H19FN2O3S/c19-15-4-3-5-17(13-15)25(23,24)20-16-8-6-14(7-9-16)12-18(22)21-10-1-2-11-21/h3-9,13,20H,1-2,10-12H2. The third-order valence-corrected chi connectivity index (χ3v) is 5.51. The van der Waals surface area contributed by atoms with Crippen molar-refractivity contribution in [3.05, 3.63) is 59.9 Å². The second-order valence-electron chi connectivity index (χ2n) is 6.02. The molecule has 0 aliphatic carbocycles. The zero-order chi connectivity index (χ0) is 17.9. The highest BCUT2D eigenvalue weighted by Gasteiger charge is 2.18. The van der Waals surface area contributed by atoms with Gasteiger partial charge in [0.15, 0.2) is 0 Å². The predicted octanol–water partition coefficient (Wildman–Crippen LogP) is 2.79. The van der Waals surface area contributed by atoms with E-state index in [0.29, 0.717) is 12.1 Å². The quantitative estimate of drug-likeness (QED) is 0.889. The first-order valence-corrected chi connectivity index (χ1v) is 9.57. The van der Waals surface area contributed by atoms with Crippen molar-refractivity contribution in [3.63, 3.8) is 0 Å². The van der Waals surface area contributed by atoms with E-state index in [1.165, 1.54) is 18.2 Å². The van der Waals surface area contributed by atoms with Crippen molar-refractivity contribution >= 4 is 21.6 Å². The van der Waals surface area contributed by atoms with Crippen LogP contribution in [0.4, 0.5) is 10.1 Å². The van der Waals surface area contributed by atoms with Gasteiger partial charge in [-0.2, -0.15) is 0 Å². The molecule has 1 N–H and O–H groups in total. The van der Waals surface area contributed by atoms with E-state index in [9.17, 15) is 17.6 Å². The fraction of sp³-hybridized carbons (Fsp3) is 0.278. The number of amides is 1. The fourth-order valence-electron chi connectivity index (χ4n) is 2.79. The third-order valence-electron chi connectivity index (χ3n) is 4.13. The smallest absolute Gasteiger partial charge is 0.261 e. The number of carbonyl (C=O) groups is 1. The van der Waals surface area contributed by atoms with Gasteiger partial charge in [0.25, 0.3) is 10.0 Å². The van der Waals surface area contributed by atoms with E-state index in [1.54, 1.807) is 24.3 Å². The number of sulfonamides is 1. The molecule has 0 atom stereocenters. The lowest BCUT2D eigenvalue weighted by Crippen LogP contribution is -2.29. The maximum absolute atomic E-state index is 13.2. The van der Waals surface area contributed by atoms with Crippen LogP contribution in [0.2, 0.25) is 0 Å². The fourth-order valence-corrected chi connectivity index (χ4v) is 3.88. The van der Waals surface area contributed by atoms with Gasteiger partial charge in [0, 0.05) is 18.8 Å². The van der Waals surface area contributed by atoms with Crippen molar-refractivity contribution in [2.75, 3.05) is 17.8 Å². The lowest BCUT2D eigenvalue weighted by Gasteiger charge is -2.15. The summed E-state index contributed by atoms with van der Waals surface area (Å²) in [5.41, 5.74) is 1.19. The molecule has 25 heavy (non-hydrogen) atoms. The van der Waals surface area contributed by atoms with Crippen LogP contribution >= 0.6 is 0 Å². The summed E-state index contributed by atoms with van der Waals surface area (Å²) in [5.74, 6) is -0.524. The average Bonchev–Trinajstić information content (AvgIpc) is 3.11. The van der Waals surface area contributed by atoms with Gasteiger partial charge in [0.1, 0.15) is 5.82 Å². The van der Waals surface area contributed by atoms with E-state index in [2.05, 4.69) is 4.72 Å². The first kappa shape index (κ1) is 17.4. The summed E-state index contributed by atoms with van der Waals surface area (Å²) in [6, 6.07) is 11.5. The van der Waals surface area contributed by atoms with E-state index in [0.717, 1.165) is 37.6 Å². The van der Waals surface area contributed by atoms with E-state index in [1.807, 2.05) is 4.90 Å². The molecule has 5 nitrogen and oxygen atoms in total. The van der Waals surface area contributed by atoms with Crippen LogP contribution in [0.1, 0.15) is 18.4 Å². The Hall–Kier alpha value is -2.41. The number of anilines is 1. The molecule has 0 spiro atoms. The molecule has 1 fully saturated rings. The van der Waals surface area contributed by atoms with Crippen molar-refractivity contribution in [1.82, 2.24) is 4.90 Å². The summed E-state index contributed by atoms with van der Waals surface area (Å²) in [6.45, 7) is 1.62. The highest BCUT2D eigenvalue weighted by atomic mass is 32.2. The highest BCUT2D eigenvalue weighted by molar-refractivity contribution is 7.92. The van der Waals surface area contributed by atoms with Gasteiger partial charge in [-0.15, -0.1) is 0 Å². The number of halogens is 1. The second kappa shape index (κ2) is 7.23. The average molecular weight is 362 g/mol. The Kier molecular flexibility index (Phi) is 5.03. The minimum absolute atomic E-state index is 0.0885. The first-order chi connectivity index (χ1) is 11.9. The number of carbonyl (C=O) groups excluding carboxylic acids is 1. The Morgan fingerprint density at radius 1 is 1.08 bits per heavy atom. The summed E-state index contributed by atoms with van der Waals surface area (Å²) in [6.07, 6.45) is 2.40. The van der Waals surface area contributed by atoms with Crippen LogP contribution in [0.15, 0.2) is 53.4 Å². The number of likely N-dealkylation sites (tertiary alicyclic amines) is 1. The predicted molar refractivity (Wildman–Crippen MR) is 93.2 cm³/mol. The normalized spacial score (nSPS) is 14.5. The van der Waals surface area contributed by atoms with Crippen LogP contribution in [0.5, 0.6) is 0 Å². The second-order valence-corrected chi connectivity index (χ2v) is 7.71. The molecule has 0 aromatic heterocycles. The van der Waals surface area contributed by atoms with Crippen molar-refractivity contribution in [1.29, 1.82) is 0 Å². The summed E-state index contributed by atoms with van der Waals surface area (Å²) in [5, 5.41) is 0. The van der Waals surface area contributed by atoms with E-state index in [4.69, 9.17) is 0 Å². The number of benzene rings is 2. The number of hydrogen-bond donors (Lipinski definition) is 1. The van der Waals surface area contributed by atoms with Crippen molar-refractivity contribution in [2.45, 2.75) is 24.2 Å². The SMILES string of the molecule is O=C(Cc1ccc(NS(=O)(=O)c2cccc(F)c2)cc1)N1CCCC1. The molecule has 0 bridgehead atoms. The van der Waals surface area contributed by atoms with Crippen molar-refractivity contribution in [3.8, 4) is 0 Å². The highest BCUT2D eigenvalue weighted by Crippen LogP contribution is 2.18. The molecule has 0 saturated carbocycles. The van der Waals surface area contributed by atoms with Crippen LogP contribution in [0, 0.1) is 5.82 Å².